The lowest BCUT2D eigenvalue weighted by Crippen LogP contribution is -2.55. The van der Waals surface area contributed by atoms with Crippen LogP contribution in [0.25, 0.3) is 0 Å². The highest BCUT2D eigenvalue weighted by Crippen LogP contribution is 2.33. The lowest BCUT2D eigenvalue weighted by atomic mass is 9.85. The van der Waals surface area contributed by atoms with Gasteiger partial charge in [0.05, 0.1) is 44.2 Å². The largest absolute Gasteiger partial charge is 0.491 e. The third-order valence-corrected chi connectivity index (χ3v) is 6.10. The summed E-state index contributed by atoms with van der Waals surface area (Å²) in [7, 11) is 0. The Morgan fingerprint density at radius 2 is 2.06 bits per heavy atom. The van der Waals surface area contributed by atoms with Crippen molar-refractivity contribution >= 4 is 5.91 Å². The van der Waals surface area contributed by atoms with E-state index in [9.17, 15) is 9.90 Å². The number of amides is 1. The van der Waals surface area contributed by atoms with E-state index < -0.39 is 11.6 Å². The van der Waals surface area contributed by atoms with Crippen molar-refractivity contribution in [2.24, 2.45) is 0 Å². The molecule has 2 saturated heterocycles. The molecular weight excluding hydrogens is 400 g/mol. The number of carbonyl (C=O) groups is 1. The average molecular weight is 437 g/mol. The van der Waals surface area contributed by atoms with Crippen LogP contribution in [0.4, 0.5) is 0 Å². The van der Waals surface area contributed by atoms with Gasteiger partial charge in [-0.2, -0.15) is 0 Å². The SMILES string of the molecule is CC(=O)N[C@@H]1CO[C@@H]2CCCN(Cc3ccc(OCCOCCO)cc3)[C@@H]2C[C@@]1(C)O. The Bertz CT molecular complexity index is 696. The van der Waals surface area contributed by atoms with Crippen molar-refractivity contribution in [1.29, 1.82) is 0 Å². The van der Waals surface area contributed by atoms with Gasteiger partial charge in [0.1, 0.15) is 12.4 Å². The zero-order valence-corrected chi connectivity index (χ0v) is 18.6. The van der Waals surface area contributed by atoms with Gasteiger partial charge in [0.2, 0.25) is 5.91 Å². The van der Waals surface area contributed by atoms with Gasteiger partial charge in [-0.15, -0.1) is 0 Å². The number of fused-ring (bicyclic) bond motifs is 1. The first-order valence-electron chi connectivity index (χ1n) is 11.1. The van der Waals surface area contributed by atoms with Gasteiger partial charge in [0.15, 0.2) is 0 Å². The molecule has 0 radical (unpaired) electrons. The minimum absolute atomic E-state index is 0.0153. The van der Waals surface area contributed by atoms with Crippen molar-refractivity contribution in [2.45, 2.75) is 63.4 Å². The van der Waals surface area contributed by atoms with Crippen molar-refractivity contribution in [2.75, 3.05) is 39.6 Å². The van der Waals surface area contributed by atoms with Gasteiger partial charge in [-0.05, 0) is 50.4 Å². The first kappa shape index (κ1) is 23.9. The van der Waals surface area contributed by atoms with Gasteiger partial charge >= 0.3 is 0 Å². The molecule has 0 saturated carbocycles. The third kappa shape index (κ3) is 6.89. The zero-order chi connectivity index (χ0) is 22.3. The molecule has 4 atom stereocenters. The lowest BCUT2D eigenvalue weighted by molar-refractivity contribution is -0.122. The summed E-state index contributed by atoms with van der Waals surface area (Å²) in [4.78, 5) is 13.9. The predicted molar refractivity (Wildman–Crippen MR) is 116 cm³/mol. The summed E-state index contributed by atoms with van der Waals surface area (Å²) in [5.41, 5.74) is 0.142. The maximum atomic E-state index is 11.6. The third-order valence-electron chi connectivity index (χ3n) is 6.10. The number of aliphatic hydroxyl groups excluding tert-OH is 1. The molecule has 1 amide bonds. The second-order valence-corrected chi connectivity index (χ2v) is 8.69. The maximum absolute atomic E-state index is 11.6. The van der Waals surface area contributed by atoms with E-state index in [1.807, 2.05) is 12.1 Å². The number of rotatable bonds is 9. The summed E-state index contributed by atoms with van der Waals surface area (Å²) in [6, 6.07) is 7.72. The van der Waals surface area contributed by atoms with Crippen LogP contribution in [0.3, 0.4) is 0 Å². The molecule has 2 heterocycles. The second kappa shape index (κ2) is 11.2. The fourth-order valence-electron chi connectivity index (χ4n) is 4.46. The first-order chi connectivity index (χ1) is 14.9. The van der Waals surface area contributed by atoms with Crippen LogP contribution in [0.2, 0.25) is 0 Å². The molecule has 2 aliphatic heterocycles. The predicted octanol–water partition coefficient (Wildman–Crippen LogP) is 1.08. The average Bonchev–Trinajstić information content (AvgIpc) is 2.85. The number of aliphatic hydroxyl groups is 2. The molecule has 31 heavy (non-hydrogen) atoms. The molecule has 2 fully saturated rings. The molecule has 0 bridgehead atoms. The van der Waals surface area contributed by atoms with Gasteiger partial charge in [-0.25, -0.2) is 0 Å². The van der Waals surface area contributed by atoms with Crippen molar-refractivity contribution in [1.82, 2.24) is 10.2 Å². The fourth-order valence-corrected chi connectivity index (χ4v) is 4.46. The van der Waals surface area contributed by atoms with Crippen LogP contribution in [0.15, 0.2) is 24.3 Å². The van der Waals surface area contributed by atoms with E-state index in [0.29, 0.717) is 32.8 Å². The molecule has 3 N–H and O–H groups in total. The molecule has 0 aromatic heterocycles. The number of piperidine rings is 1. The molecule has 0 unspecified atom stereocenters. The highest BCUT2D eigenvalue weighted by Gasteiger charge is 2.44. The smallest absolute Gasteiger partial charge is 0.217 e. The second-order valence-electron chi connectivity index (χ2n) is 8.69. The van der Waals surface area contributed by atoms with Crippen molar-refractivity contribution in [3.8, 4) is 5.75 Å². The number of nitrogens with one attached hydrogen (secondary N) is 1. The van der Waals surface area contributed by atoms with E-state index in [-0.39, 0.29) is 24.7 Å². The molecule has 1 aromatic carbocycles. The van der Waals surface area contributed by atoms with Gasteiger partial charge in [0, 0.05) is 19.5 Å². The molecule has 0 spiro atoms. The summed E-state index contributed by atoms with van der Waals surface area (Å²) >= 11 is 0. The Labute approximate surface area is 184 Å². The maximum Gasteiger partial charge on any atom is 0.217 e. The number of likely N-dealkylation sites (tertiary alicyclic amines) is 1. The Hall–Kier alpha value is -1.71. The summed E-state index contributed by atoms with van der Waals surface area (Å²) in [5.74, 6) is 0.629. The summed E-state index contributed by atoms with van der Waals surface area (Å²) in [5, 5.41) is 22.7. The van der Waals surface area contributed by atoms with E-state index >= 15 is 0 Å². The van der Waals surface area contributed by atoms with E-state index in [4.69, 9.17) is 19.3 Å². The highest BCUT2D eigenvalue weighted by atomic mass is 16.5. The van der Waals surface area contributed by atoms with Crippen LogP contribution in [0.5, 0.6) is 5.75 Å². The van der Waals surface area contributed by atoms with Crippen LogP contribution in [-0.2, 0) is 20.8 Å². The highest BCUT2D eigenvalue weighted by molar-refractivity contribution is 5.73. The van der Waals surface area contributed by atoms with E-state index in [1.165, 1.54) is 12.5 Å². The summed E-state index contributed by atoms with van der Waals surface area (Å²) < 4.78 is 17.0. The normalized spacial score (nSPS) is 29.1. The van der Waals surface area contributed by atoms with E-state index in [2.05, 4.69) is 22.3 Å². The molecule has 2 aliphatic rings. The van der Waals surface area contributed by atoms with Crippen molar-refractivity contribution in [3.05, 3.63) is 29.8 Å². The summed E-state index contributed by atoms with van der Waals surface area (Å²) in [6.45, 7) is 6.53. The Kier molecular flexibility index (Phi) is 8.68. The Morgan fingerprint density at radius 1 is 1.29 bits per heavy atom. The van der Waals surface area contributed by atoms with Crippen LogP contribution >= 0.6 is 0 Å². The van der Waals surface area contributed by atoms with Crippen LogP contribution in [0.1, 0.15) is 38.7 Å². The minimum Gasteiger partial charge on any atom is -0.491 e. The first-order valence-corrected chi connectivity index (χ1v) is 11.1. The number of carbonyl (C=O) groups excluding carboxylic acids is 1. The minimum atomic E-state index is -1.03. The van der Waals surface area contributed by atoms with Gasteiger partial charge in [-0.3, -0.25) is 9.69 Å². The zero-order valence-electron chi connectivity index (χ0n) is 18.6. The number of benzene rings is 1. The monoisotopic (exact) mass is 436 g/mol. The van der Waals surface area contributed by atoms with Crippen molar-refractivity contribution in [3.63, 3.8) is 0 Å². The van der Waals surface area contributed by atoms with Crippen LogP contribution in [0, 0.1) is 0 Å². The van der Waals surface area contributed by atoms with Gasteiger partial charge in [0.25, 0.3) is 0 Å². The number of hydrogen-bond acceptors (Lipinski definition) is 7. The van der Waals surface area contributed by atoms with Crippen LogP contribution < -0.4 is 10.1 Å². The molecule has 0 aliphatic carbocycles. The molecule has 8 heteroatoms. The molecule has 174 valence electrons. The van der Waals surface area contributed by atoms with Crippen LogP contribution in [-0.4, -0.2) is 84.4 Å². The van der Waals surface area contributed by atoms with E-state index in [0.717, 1.165) is 31.7 Å². The topological polar surface area (TPSA) is 100 Å². The number of hydrogen-bond donors (Lipinski definition) is 3. The standard InChI is InChI=1S/C23H36N2O6/c1-17(27)24-22-16-31-21-4-3-9-25(20(21)14-23(22,2)28)15-18-5-7-19(8-6-18)30-13-12-29-11-10-26/h5-8,20-22,26,28H,3-4,9-16H2,1-2H3,(H,24,27)/t20-,21-,22-,23-/m1/s1. The molecular formula is C23H36N2O6. The lowest BCUT2D eigenvalue weighted by Gasteiger charge is -2.42. The Morgan fingerprint density at radius 3 is 2.77 bits per heavy atom. The number of ether oxygens (including phenoxy) is 3. The quantitative estimate of drug-likeness (QED) is 0.498. The molecule has 3 rings (SSSR count). The number of nitrogens with zero attached hydrogens (tertiary/aromatic N) is 1. The fraction of sp³-hybridized carbons (Fsp3) is 0.696. The Balaban J connectivity index is 1.59. The van der Waals surface area contributed by atoms with E-state index in [1.54, 1.807) is 6.92 Å². The van der Waals surface area contributed by atoms with Gasteiger partial charge in [-0.1, -0.05) is 12.1 Å². The summed E-state index contributed by atoms with van der Waals surface area (Å²) in [6.07, 6.45) is 2.62. The molecule has 1 aromatic rings. The molecule has 8 nitrogen and oxygen atoms in total. The van der Waals surface area contributed by atoms with Crippen molar-refractivity contribution < 1.29 is 29.2 Å². The van der Waals surface area contributed by atoms with Gasteiger partial charge < -0.3 is 29.7 Å².